The Labute approximate surface area is 102 Å². The summed E-state index contributed by atoms with van der Waals surface area (Å²) < 4.78 is 43.0. The molecule has 7 heteroatoms. The maximum Gasteiger partial charge on any atom is 0.393 e. The van der Waals surface area contributed by atoms with Gasteiger partial charge in [0, 0.05) is 13.0 Å². The Hall–Kier alpha value is -1.27. The number of rotatable bonds is 2. The molecule has 2 rings (SSSR count). The van der Waals surface area contributed by atoms with Gasteiger partial charge in [0.05, 0.1) is 12.5 Å². The van der Waals surface area contributed by atoms with Gasteiger partial charge >= 0.3 is 12.1 Å². The van der Waals surface area contributed by atoms with E-state index >= 15 is 0 Å². The second-order valence-corrected chi connectivity index (χ2v) is 4.70. The molecule has 18 heavy (non-hydrogen) atoms. The molecule has 0 aliphatic carbocycles. The van der Waals surface area contributed by atoms with Gasteiger partial charge in [-0.05, 0) is 19.8 Å². The molecule has 0 spiro atoms. The smallest absolute Gasteiger partial charge is 0.393 e. The quantitative estimate of drug-likeness (QED) is 0.711. The summed E-state index contributed by atoms with van der Waals surface area (Å²) in [6.45, 7) is 1.26. The Balaban J connectivity index is 2.27. The number of ether oxygens (including phenoxy) is 1. The molecule has 0 saturated carbocycles. The average Bonchev–Trinajstić information content (AvgIpc) is 2.78. The number of carbonyl (C=O) groups is 2. The maximum absolute atomic E-state index is 12.7. The largest absolute Gasteiger partial charge is 0.464 e. The van der Waals surface area contributed by atoms with Crippen LogP contribution < -0.4 is 0 Å². The van der Waals surface area contributed by atoms with Crippen molar-refractivity contribution in [3.05, 3.63) is 0 Å². The first-order valence-electron chi connectivity index (χ1n) is 5.85. The van der Waals surface area contributed by atoms with Crippen LogP contribution in [0.15, 0.2) is 0 Å². The van der Waals surface area contributed by atoms with Gasteiger partial charge in [0.2, 0.25) is 5.91 Å². The molecule has 0 aromatic rings. The van der Waals surface area contributed by atoms with E-state index in [1.165, 1.54) is 0 Å². The number of alkyl halides is 3. The number of amides is 1. The summed E-state index contributed by atoms with van der Waals surface area (Å²) in [5, 5.41) is 0. The first-order chi connectivity index (χ1) is 8.31. The SMILES string of the molecule is CCOC(=O)C12CCC(=O)N1CC(C(F)(F)F)C2. The summed E-state index contributed by atoms with van der Waals surface area (Å²) >= 11 is 0. The van der Waals surface area contributed by atoms with Crippen LogP contribution in [0.3, 0.4) is 0 Å². The summed E-state index contributed by atoms with van der Waals surface area (Å²) in [4.78, 5) is 24.5. The number of esters is 1. The highest BCUT2D eigenvalue weighted by atomic mass is 19.4. The van der Waals surface area contributed by atoms with E-state index in [4.69, 9.17) is 4.74 Å². The molecular formula is C11H14F3NO3. The van der Waals surface area contributed by atoms with Crippen LogP contribution in [0.1, 0.15) is 26.2 Å². The molecule has 2 heterocycles. The molecule has 0 aromatic heterocycles. The third kappa shape index (κ3) is 1.85. The summed E-state index contributed by atoms with van der Waals surface area (Å²) in [6.07, 6.45) is -4.52. The van der Waals surface area contributed by atoms with Crippen molar-refractivity contribution >= 4 is 11.9 Å². The van der Waals surface area contributed by atoms with Crippen molar-refractivity contribution in [1.82, 2.24) is 4.90 Å². The molecule has 4 nitrogen and oxygen atoms in total. The first kappa shape index (κ1) is 13.2. The van der Waals surface area contributed by atoms with Gasteiger partial charge in [0.1, 0.15) is 5.54 Å². The standard InChI is InChI=1S/C11H14F3NO3/c1-2-18-9(17)10-4-3-8(16)15(10)6-7(5-10)11(12,13)14/h7H,2-6H2,1H3. The summed E-state index contributed by atoms with van der Waals surface area (Å²) in [5.74, 6) is -2.73. The van der Waals surface area contributed by atoms with Gasteiger partial charge in [0.15, 0.2) is 0 Å². The predicted molar refractivity (Wildman–Crippen MR) is 54.5 cm³/mol. The lowest BCUT2D eigenvalue weighted by molar-refractivity contribution is -0.172. The summed E-state index contributed by atoms with van der Waals surface area (Å²) in [7, 11) is 0. The normalized spacial score (nSPS) is 31.7. The second kappa shape index (κ2) is 4.13. The molecule has 2 saturated heterocycles. The van der Waals surface area contributed by atoms with Crippen LogP contribution in [0, 0.1) is 5.92 Å². The minimum absolute atomic E-state index is 0.0965. The average molecular weight is 265 g/mol. The highest BCUT2D eigenvalue weighted by Gasteiger charge is 2.62. The van der Waals surface area contributed by atoms with E-state index in [1.807, 2.05) is 0 Å². The van der Waals surface area contributed by atoms with Gasteiger partial charge in [-0.15, -0.1) is 0 Å². The van der Waals surface area contributed by atoms with E-state index in [2.05, 4.69) is 0 Å². The van der Waals surface area contributed by atoms with Crippen molar-refractivity contribution < 1.29 is 27.5 Å². The number of carbonyl (C=O) groups excluding carboxylic acids is 2. The van der Waals surface area contributed by atoms with Gasteiger partial charge in [-0.3, -0.25) is 4.79 Å². The Bertz CT molecular complexity index is 382. The molecule has 2 aliphatic rings. The number of hydrogen-bond donors (Lipinski definition) is 0. The van der Waals surface area contributed by atoms with Crippen molar-refractivity contribution in [2.45, 2.75) is 37.9 Å². The minimum Gasteiger partial charge on any atom is -0.464 e. The minimum atomic E-state index is -4.38. The van der Waals surface area contributed by atoms with Crippen LogP contribution in [-0.2, 0) is 14.3 Å². The van der Waals surface area contributed by atoms with Gasteiger partial charge in [-0.25, -0.2) is 4.79 Å². The van der Waals surface area contributed by atoms with Crippen LogP contribution in [0.5, 0.6) is 0 Å². The number of hydrogen-bond acceptors (Lipinski definition) is 3. The molecular weight excluding hydrogens is 251 g/mol. The molecule has 2 atom stereocenters. The van der Waals surface area contributed by atoms with Crippen LogP contribution in [-0.4, -0.2) is 41.6 Å². The van der Waals surface area contributed by atoms with E-state index in [9.17, 15) is 22.8 Å². The Morgan fingerprint density at radius 3 is 2.78 bits per heavy atom. The zero-order chi connectivity index (χ0) is 13.6. The lowest BCUT2D eigenvalue weighted by atomic mass is 9.90. The monoisotopic (exact) mass is 265 g/mol. The molecule has 2 aliphatic heterocycles. The molecule has 0 N–H and O–H groups in total. The third-order valence-electron chi connectivity index (χ3n) is 3.68. The van der Waals surface area contributed by atoms with Crippen molar-refractivity contribution in [2.24, 2.45) is 5.92 Å². The van der Waals surface area contributed by atoms with E-state index < -0.39 is 36.1 Å². The molecule has 2 fully saturated rings. The van der Waals surface area contributed by atoms with Crippen molar-refractivity contribution in [2.75, 3.05) is 13.2 Å². The van der Waals surface area contributed by atoms with Crippen LogP contribution in [0.4, 0.5) is 13.2 Å². The lowest BCUT2D eigenvalue weighted by Gasteiger charge is -2.28. The number of fused-ring (bicyclic) bond motifs is 1. The fourth-order valence-electron chi connectivity index (χ4n) is 2.78. The van der Waals surface area contributed by atoms with Gasteiger partial charge in [-0.2, -0.15) is 13.2 Å². The van der Waals surface area contributed by atoms with Crippen molar-refractivity contribution in [3.8, 4) is 0 Å². The number of halogens is 3. The lowest BCUT2D eigenvalue weighted by Crippen LogP contribution is -2.48. The van der Waals surface area contributed by atoms with Crippen LogP contribution in [0.2, 0.25) is 0 Å². The topological polar surface area (TPSA) is 46.6 Å². The Morgan fingerprint density at radius 2 is 2.22 bits per heavy atom. The molecule has 102 valence electrons. The fourth-order valence-corrected chi connectivity index (χ4v) is 2.78. The van der Waals surface area contributed by atoms with Crippen molar-refractivity contribution in [1.29, 1.82) is 0 Å². The first-order valence-corrected chi connectivity index (χ1v) is 5.85. The predicted octanol–water partition coefficient (Wildman–Crippen LogP) is 1.49. The van der Waals surface area contributed by atoms with E-state index in [0.29, 0.717) is 0 Å². The Kier molecular flexibility index (Phi) is 3.03. The zero-order valence-electron chi connectivity index (χ0n) is 9.92. The molecule has 0 radical (unpaired) electrons. The highest BCUT2D eigenvalue weighted by Crippen LogP contribution is 2.48. The van der Waals surface area contributed by atoms with E-state index in [1.54, 1.807) is 6.92 Å². The summed E-state index contributed by atoms with van der Waals surface area (Å²) in [5.41, 5.74) is -1.38. The fraction of sp³-hybridized carbons (Fsp3) is 0.818. The summed E-state index contributed by atoms with van der Waals surface area (Å²) in [6, 6.07) is 0. The number of nitrogens with zero attached hydrogens (tertiary/aromatic N) is 1. The highest BCUT2D eigenvalue weighted by molar-refractivity contribution is 5.92. The maximum atomic E-state index is 12.7. The zero-order valence-corrected chi connectivity index (χ0v) is 9.92. The van der Waals surface area contributed by atoms with Crippen LogP contribution in [0.25, 0.3) is 0 Å². The molecule has 0 aromatic carbocycles. The van der Waals surface area contributed by atoms with E-state index in [-0.39, 0.29) is 25.9 Å². The van der Waals surface area contributed by atoms with E-state index in [0.717, 1.165) is 4.90 Å². The van der Waals surface area contributed by atoms with Gasteiger partial charge in [0.25, 0.3) is 0 Å². The van der Waals surface area contributed by atoms with Crippen molar-refractivity contribution in [3.63, 3.8) is 0 Å². The molecule has 2 unspecified atom stereocenters. The molecule has 1 amide bonds. The second-order valence-electron chi connectivity index (χ2n) is 4.70. The third-order valence-corrected chi connectivity index (χ3v) is 3.68. The van der Waals surface area contributed by atoms with Crippen LogP contribution >= 0.6 is 0 Å². The van der Waals surface area contributed by atoms with Gasteiger partial charge in [-0.1, -0.05) is 0 Å². The molecule has 0 bridgehead atoms. The van der Waals surface area contributed by atoms with Gasteiger partial charge < -0.3 is 9.64 Å². The Morgan fingerprint density at radius 1 is 1.56 bits per heavy atom.